The van der Waals surface area contributed by atoms with Crippen molar-refractivity contribution >= 4 is 17.3 Å². The Bertz CT molecular complexity index is 323. The predicted octanol–water partition coefficient (Wildman–Crippen LogP) is 4.01. The monoisotopic (exact) mass is 179 g/mol. The van der Waals surface area contributed by atoms with Gasteiger partial charge in [0.05, 0.1) is 6.57 Å². The summed E-state index contributed by atoms with van der Waals surface area (Å²) in [6, 6.07) is 5.46. The van der Waals surface area contributed by atoms with Crippen LogP contribution in [0.15, 0.2) is 18.2 Å². The minimum Gasteiger partial charge on any atom is -0.238 e. The molecular formula is C10H10ClN. The van der Waals surface area contributed by atoms with Gasteiger partial charge in [0.25, 0.3) is 0 Å². The Morgan fingerprint density at radius 2 is 2.00 bits per heavy atom. The molecule has 1 aromatic rings. The quantitative estimate of drug-likeness (QED) is 0.574. The van der Waals surface area contributed by atoms with Crippen molar-refractivity contribution in [3.8, 4) is 0 Å². The summed E-state index contributed by atoms with van der Waals surface area (Å²) in [4.78, 5) is 3.34. The van der Waals surface area contributed by atoms with E-state index in [-0.39, 0.29) is 0 Å². The summed E-state index contributed by atoms with van der Waals surface area (Å²) in [7, 11) is 0. The van der Waals surface area contributed by atoms with Crippen LogP contribution >= 0.6 is 11.6 Å². The van der Waals surface area contributed by atoms with E-state index in [4.69, 9.17) is 18.2 Å². The van der Waals surface area contributed by atoms with E-state index in [1.807, 2.05) is 12.1 Å². The molecule has 0 bridgehead atoms. The first-order valence-corrected chi connectivity index (χ1v) is 4.19. The molecule has 1 nitrogen and oxygen atoms in total. The predicted molar refractivity (Wildman–Crippen MR) is 51.8 cm³/mol. The second-order valence-electron chi connectivity index (χ2n) is 3.01. The number of nitrogens with zero attached hydrogens (tertiary/aromatic N) is 1. The first kappa shape index (κ1) is 9.09. The normalized spacial score (nSPS) is 9.92. The Hall–Kier alpha value is -1.00. The number of rotatable bonds is 1. The van der Waals surface area contributed by atoms with Crippen molar-refractivity contribution < 1.29 is 0 Å². The van der Waals surface area contributed by atoms with Crippen LogP contribution in [0, 0.1) is 6.57 Å². The number of hydrogen-bond donors (Lipinski definition) is 0. The van der Waals surface area contributed by atoms with Crippen LogP contribution in [0.2, 0.25) is 5.02 Å². The molecule has 0 amide bonds. The second-order valence-corrected chi connectivity index (χ2v) is 3.45. The highest BCUT2D eigenvalue weighted by molar-refractivity contribution is 6.30. The van der Waals surface area contributed by atoms with Crippen LogP contribution in [-0.4, -0.2) is 0 Å². The molecule has 1 aromatic carbocycles. The van der Waals surface area contributed by atoms with Crippen molar-refractivity contribution in [3.63, 3.8) is 0 Å². The summed E-state index contributed by atoms with van der Waals surface area (Å²) < 4.78 is 0. The van der Waals surface area contributed by atoms with Gasteiger partial charge in [0.2, 0.25) is 0 Å². The summed E-state index contributed by atoms with van der Waals surface area (Å²) >= 11 is 5.83. The lowest BCUT2D eigenvalue weighted by molar-refractivity contribution is 0.867. The largest absolute Gasteiger partial charge is 0.238 e. The van der Waals surface area contributed by atoms with E-state index >= 15 is 0 Å². The zero-order valence-electron chi connectivity index (χ0n) is 7.13. The SMILES string of the molecule is [C-]#[N+]c1cc(Cl)cc(C(C)C)c1. The first-order valence-electron chi connectivity index (χ1n) is 3.81. The van der Waals surface area contributed by atoms with Crippen LogP contribution in [0.3, 0.4) is 0 Å². The Kier molecular flexibility index (Phi) is 2.73. The lowest BCUT2D eigenvalue weighted by atomic mass is 10.0. The number of benzene rings is 1. The van der Waals surface area contributed by atoms with Gasteiger partial charge in [-0.05, 0) is 18.1 Å². The van der Waals surface area contributed by atoms with Crippen molar-refractivity contribution in [2.75, 3.05) is 0 Å². The second kappa shape index (κ2) is 3.60. The summed E-state index contributed by atoms with van der Waals surface area (Å²) in [6.07, 6.45) is 0. The highest BCUT2D eigenvalue weighted by atomic mass is 35.5. The van der Waals surface area contributed by atoms with Crippen molar-refractivity contribution in [2.24, 2.45) is 0 Å². The molecule has 2 heteroatoms. The Morgan fingerprint density at radius 1 is 1.33 bits per heavy atom. The average Bonchev–Trinajstić information content (AvgIpc) is 2.03. The first-order chi connectivity index (χ1) is 5.63. The lowest BCUT2D eigenvalue weighted by Gasteiger charge is -2.05. The fourth-order valence-electron chi connectivity index (χ4n) is 0.994. The molecule has 0 spiro atoms. The molecule has 0 aliphatic heterocycles. The molecule has 0 heterocycles. The lowest BCUT2D eigenvalue weighted by Crippen LogP contribution is -1.85. The van der Waals surface area contributed by atoms with Crippen molar-refractivity contribution in [1.82, 2.24) is 0 Å². The van der Waals surface area contributed by atoms with Crippen molar-refractivity contribution in [1.29, 1.82) is 0 Å². The smallest absolute Gasteiger partial charge is 0.188 e. The highest BCUT2D eigenvalue weighted by Gasteiger charge is 2.02. The minimum absolute atomic E-state index is 0.421. The Morgan fingerprint density at radius 3 is 2.50 bits per heavy atom. The van der Waals surface area contributed by atoms with Crippen molar-refractivity contribution in [3.05, 3.63) is 40.2 Å². The molecule has 0 aliphatic carbocycles. The van der Waals surface area contributed by atoms with Gasteiger partial charge in [-0.15, -0.1) is 0 Å². The van der Waals surface area contributed by atoms with Gasteiger partial charge in [-0.25, -0.2) is 4.85 Å². The number of hydrogen-bond acceptors (Lipinski definition) is 0. The molecular weight excluding hydrogens is 170 g/mol. The molecule has 0 N–H and O–H groups in total. The van der Waals surface area contributed by atoms with Crippen LogP contribution in [0.25, 0.3) is 4.85 Å². The molecule has 0 aromatic heterocycles. The third-order valence-electron chi connectivity index (χ3n) is 1.70. The summed E-state index contributed by atoms with van der Waals surface area (Å²) in [5.41, 5.74) is 1.74. The van der Waals surface area contributed by atoms with Crippen LogP contribution in [0.5, 0.6) is 0 Å². The molecule has 0 unspecified atom stereocenters. The molecule has 0 saturated heterocycles. The van der Waals surface area contributed by atoms with E-state index in [1.54, 1.807) is 6.07 Å². The third kappa shape index (κ3) is 1.99. The molecule has 1 rings (SSSR count). The zero-order valence-corrected chi connectivity index (χ0v) is 7.89. The molecule has 0 fully saturated rings. The van der Waals surface area contributed by atoms with Gasteiger partial charge in [-0.2, -0.15) is 0 Å². The van der Waals surface area contributed by atoms with Crippen LogP contribution < -0.4 is 0 Å². The Balaban J connectivity index is 3.17. The molecule has 0 aliphatic rings. The fraction of sp³-hybridized carbons (Fsp3) is 0.300. The average molecular weight is 180 g/mol. The summed E-state index contributed by atoms with van der Waals surface area (Å²) in [6.45, 7) is 11.0. The molecule has 0 atom stereocenters. The van der Waals surface area contributed by atoms with Gasteiger partial charge in [0.15, 0.2) is 5.69 Å². The fourth-order valence-corrected chi connectivity index (χ4v) is 1.23. The molecule has 62 valence electrons. The molecule has 0 saturated carbocycles. The van der Waals surface area contributed by atoms with Crippen LogP contribution in [0.4, 0.5) is 5.69 Å². The van der Waals surface area contributed by atoms with E-state index in [1.165, 1.54) is 0 Å². The van der Waals surface area contributed by atoms with Gasteiger partial charge in [0, 0.05) is 5.02 Å². The van der Waals surface area contributed by atoms with Gasteiger partial charge in [-0.3, -0.25) is 0 Å². The molecule has 12 heavy (non-hydrogen) atoms. The van der Waals surface area contributed by atoms with E-state index < -0.39 is 0 Å². The van der Waals surface area contributed by atoms with E-state index in [9.17, 15) is 0 Å². The highest BCUT2D eigenvalue weighted by Crippen LogP contribution is 2.25. The van der Waals surface area contributed by atoms with Gasteiger partial charge in [-0.1, -0.05) is 37.1 Å². The third-order valence-corrected chi connectivity index (χ3v) is 1.92. The van der Waals surface area contributed by atoms with Crippen LogP contribution in [-0.2, 0) is 0 Å². The van der Waals surface area contributed by atoms with Crippen LogP contribution in [0.1, 0.15) is 25.3 Å². The molecule has 0 radical (unpaired) electrons. The van der Waals surface area contributed by atoms with E-state index in [0.29, 0.717) is 16.6 Å². The maximum absolute atomic E-state index is 6.84. The van der Waals surface area contributed by atoms with E-state index in [0.717, 1.165) is 5.56 Å². The van der Waals surface area contributed by atoms with Gasteiger partial charge >= 0.3 is 0 Å². The maximum Gasteiger partial charge on any atom is 0.188 e. The van der Waals surface area contributed by atoms with E-state index in [2.05, 4.69) is 18.7 Å². The van der Waals surface area contributed by atoms with Gasteiger partial charge in [0.1, 0.15) is 0 Å². The number of halogens is 1. The van der Waals surface area contributed by atoms with Crippen molar-refractivity contribution in [2.45, 2.75) is 19.8 Å². The minimum atomic E-state index is 0.421. The summed E-state index contributed by atoms with van der Waals surface area (Å²) in [5.74, 6) is 0.421. The topological polar surface area (TPSA) is 4.36 Å². The summed E-state index contributed by atoms with van der Waals surface area (Å²) in [5, 5.41) is 0.646. The van der Waals surface area contributed by atoms with Gasteiger partial charge < -0.3 is 0 Å². The zero-order chi connectivity index (χ0) is 9.14. The maximum atomic E-state index is 6.84. The standard InChI is InChI=1S/C10H10ClN/c1-7(2)8-4-9(11)6-10(5-8)12-3/h4-7H,1-2H3. The Labute approximate surface area is 77.8 Å².